The zero-order valence-electron chi connectivity index (χ0n) is 17.6. The quantitative estimate of drug-likeness (QED) is 0.613. The van der Waals surface area contributed by atoms with Gasteiger partial charge in [-0.15, -0.1) is 0 Å². The summed E-state index contributed by atoms with van der Waals surface area (Å²) in [6, 6.07) is 10.2. The van der Waals surface area contributed by atoms with E-state index in [9.17, 15) is 18.0 Å². The maximum Gasteiger partial charge on any atom is 0.291 e. The molecule has 0 spiro atoms. The Morgan fingerprint density at radius 1 is 1.00 bits per heavy atom. The summed E-state index contributed by atoms with van der Waals surface area (Å²) in [5, 5.41) is 0.446. The highest BCUT2D eigenvalue weighted by atomic mass is 32.2. The SMILES string of the molecule is Cc1ccc(C2c3c(oc4c(C)cc(C)cc4c3=O)C(=O)N2C2CCS(=O)(=O)C2)cc1. The van der Waals surface area contributed by atoms with Gasteiger partial charge in [-0.2, -0.15) is 0 Å². The lowest BCUT2D eigenvalue weighted by Crippen LogP contribution is -2.40. The minimum absolute atomic E-state index is 0.0272. The molecule has 160 valence electrons. The highest BCUT2D eigenvalue weighted by Crippen LogP contribution is 2.41. The molecule has 7 heteroatoms. The van der Waals surface area contributed by atoms with Crippen LogP contribution in [0.3, 0.4) is 0 Å². The number of carbonyl (C=O) groups is 1. The molecule has 5 rings (SSSR count). The third kappa shape index (κ3) is 3.10. The van der Waals surface area contributed by atoms with Gasteiger partial charge in [0.2, 0.25) is 5.76 Å². The Morgan fingerprint density at radius 3 is 2.35 bits per heavy atom. The lowest BCUT2D eigenvalue weighted by atomic mass is 9.96. The summed E-state index contributed by atoms with van der Waals surface area (Å²) in [6.45, 7) is 5.73. The Labute approximate surface area is 180 Å². The van der Waals surface area contributed by atoms with Gasteiger partial charge in [0.15, 0.2) is 15.3 Å². The number of sulfone groups is 1. The molecule has 1 fully saturated rings. The molecule has 31 heavy (non-hydrogen) atoms. The van der Waals surface area contributed by atoms with Crippen molar-refractivity contribution in [2.75, 3.05) is 11.5 Å². The molecule has 1 saturated heterocycles. The predicted octanol–water partition coefficient (Wildman–Crippen LogP) is 3.45. The van der Waals surface area contributed by atoms with Crippen molar-refractivity contribution in [3.8, 4) is 0 Å². The van der Waals surface area contributed by atoms with E-state index in [2.05, 4.69) is 0 Å². The zero-order valence-corrected chi connectivity index (χ0v) is 18.5. The van der Waals surface area contributed by atoms with Crippen LogP contribution in [0.2, 0.25) is 0 Å². The van der Waals surface area contributed by atoms with Crippen molar-refractivity contribution in [2.45, 2.75) is 39.3 Å². The van der Waals surface area contributed by atoms with E-state index >= 15 is 0 Å². The molecule has 3 heterocycles. The average molecular weight is 438 g/mol. The molecule has 6 nitrogen and oxygen atoms in total. The molecule has 1 aromatic heterocycles. The molecule has 3 aromatic rings. The van der Waals surface area contributed by atoms with Gasteiger partial charge in [-0.25, -0.2) is 8.42 Å². The minimum atomic E-state index is -3.22. The molecule has 0 aliphatic carbocycles. The Morgan fingerprint density at radius 2 is 1.71 bits per heavy atom. The van der Waals surface area contributed by atoms with E-state index in [1.54, 1.807) is 11.0 Å². The number of hydrogen-bond donors (Lipinski definition) is 0. The van der Waals surface area contributed by atoms with Crippen LogP contribution < -0.4 is 5.43 Å². The largest absolute Gasteiger partial charge is 0.450 e. The van der Waals surface area contributed by atoms with Crippen molar-refractivity contribution < 1.29 is 17.6 Å². The van der Waals surface area contributed by atoms with Crippen LogP contribution in [0, 0.1) is 20.8 Å². The molecule has 0 saturated carbocycles. The van der Waals surface area contributed by atoms with E-state index in [1.807, 2.05) is 51.1 Å². The zero-order chi connectivity index (χ0) is 22.1. The maximum absolute atomic E-state index is 13.7. The first-order valence-electron chi connectivity index (χ1n) is 10.3. The second-order valence-electron chi connectivity index (χ2n) is 8.71. The van der Waals surface area contributed by atoms with Crippen molar-refractivity contribution in [1.82, 2.24) is 4.90 Å². The Kier molecular flexibility index (Phi) is 4.38. The first-order valence-corrected chi connectivity index (χ1v) is 12.2. The normalized spacial score (nSPS) is 22.3. The molecule has 0 N–H and O–H groups in total. The monoisotopic (exact) mass is 437 g/mol. The third-order valence-electron chi connectivity index (χ3n) is 6.33. The van der Waals surface area contributed by atoms with Gasteiger partial charge in [0.1, 0.15) is 5.58 Å². The molecule has 0 bridgehead atoms. The van der Waals surface area contributed by atoms with Gasteiger partial charge >= 0.3 is 0 Å². The van der Waals surface area contributed by atoms with E-state index in [4.69, 9.17) is 4.42 Å². The van der Waals surface area contributed by atoms with Crippen LogP contribution in [0.25, 0.3) is 11.0 Å². The van der Waals surface area contributed by atoms with Crippen LogP contribution in [0.5, 0.6) is 0 Å². The van der Waals surface area contributed by atoms with Crippen LogP contribution in [0.1, 0.15) is 50.8 Å². The van der Waals surface area contributed by atoms with E-state index in [-0.39, 0.29) is 22.7 Å². The van der Waals surface area contributed by atoms with Crippen molar-refractivity contribution >= 4 is 26.7 Å². The standard InChI is InChI=1S/C24H23NO5S/c1-13-4-6-16(7-5-13)20-19-21(26)18-11-14(2)10-15(3)22(18)30-23(19)24(27)25(20)17-8-9-31(28,29)12-17/h4-7,10-11,17,20H,8-9,12H2,1-3H3. The maximum atomic E-state index is 13.7. The molecule has 0 radical (unpaired) electrons. The minimum Gasteiger partial charge on any atom is -0.450 e. The van der Waals surface area contributed by atoms with Crippen molar-refractivity contribution in [2.24, 2.45) is 0 Å². The van der Waals surface area contributed by atoms with Crippen molar-refractivity contribution in [3.05, 3.63) is 80.2 Å². The fraction of sp³-hybridized carbons (Fsp3) is 0.333. The van der Waals surface area contributed by atoms with Crippen LogP contribution in [0.15, 0.2) is 45.6 Å². The molecule has 1 amide bonds. The van der Waals surface area contributed by atoms with Crippen LogP contribution in [-0.2, 0) is 9.84 Å². The van der Waals surface area contributed by atoms with Crippen molar-refractivity contribution in [3.63, 3.8) is 0 Å². The number of carbonyl (C=O) groups excluding carboxylic acids is 1. The molecule has 2 atom stereocenters. The molecule has 2 unspecified atom stereocenters. The number of nitrogens with zero attached hydrogens (tertiary/aromatic N) is 1. The second-order valence-corrected chi connectivity index (χ2v) is 10.9. The summed E-state index contributed by atoms with van der Waals surface area (Å²) in [5.74, 6) is -0.443. The van der Waals surface area contributed by atoms with Gasteiger partial charge in [0.05, 0.1) is 28.5 Å². The lowest BCUT2D eigenvalue weighted by Gasteiger charge is -2.30. The summed E-state index contributed by atoms with van der Waals surface area (Å²) in [5.41, 5.74) is 4.04. The van der Waals surface area contributed by atoms with Crippen LogP contribution >= 0.6 is 0 Å². The predicted molar refractivity (Wildman–Crippen MR) is 118 cm³/mol. The van der Waals surface area contributed by atoms with E-state index in [1.165, 1.54) is 0 Å². The smallest absolute Gasteiger partial charge is 0.291 e. The highest BCUT2D eigenvalue weighted by Gasteiger charge is 2.48. The fourth-order valence-electron chi connectivity index (χ4n) is 4.89. The molecule has 2 aromatic carbocycles. The van der Waals surface area contributed by atoms with E-state index in [0.717, 1.165) is 22.3 Å². The number of aryl methyl sites for hydroxylation is 3. The first kappa shape index (κ1) is 20.0. The van der Waals surface area contributed by atoms with E-state index in [0.29, 0.717) is 23.0 Å². The second kappa shape index (κ2) is 6.79. The van der Waals surface area contributed by atoms with Gasteiger partial charge in [-0.1, -0.05) is 35.9 Å². The number of rotatable bonds is 2. The lowest BCUT2D eigenvalue weighted by molar-refractivity contribution is 0.0662. The summed E-state index contributed by atoms with van der Waals surface area (Å²) in [7, 11) is -3.22. The molecule has 2 aliphatic rings. The average Bonchev–Trinajstić information content (AvgIpc) is 3.20. The fourth-order valence-corrected chi connectivity index (χ4v) is 6.60. The summed E-state index contributed by atoms with van der Waals surface area (Å²) >= 11 is 0. The number of amides is 1. The van der Waals surface area contributed by atoms with Gasteiger partial charge in [-0.3, -0.25) is 9.59 Å². The van der Waals surface area contributed by atoms with Gasteiger partial charge < -0.3 is 9.32 Å². The van der Waals surface area contributed by atoms with Gasteiger partial charge in [-0.05, 0) is 49.9 Å². The summed E-state index contributed by atoms with van der Waals surface area (Å²) in [4.78, 5) is 28.7. The molecular weight excluding hydrogens is 414 g/mol. The summed E-state index contributed by atoms with van der Waals surface area (Å²) in [6.07, 6.45) is 0.357. The Bertz CT molecular complexity index is 1400. The van der Waals surface area contributed by atoms with Crippen LogP contribution in [0.4, 0.5) is 0 Å². The first-order chi connectivity index (χ1) is 14.7. The van der Waals surface area contributed by atoms with Crippen LogP contribution in [-0.4, -0.2) is 36.8 Å². The van der Waals surface area contributed by atoms with Gasteiger partial charge in [0.25, 0.3) is 5.91 Å². The Hall–Kier alpha value is -2.93. The number of benzene rings is 2. The highest BCUT2D eigenvalue weighted by molar-refractivity contribution is 7.91. The number of hydrogen-bond acceptors (Lipinski definition) is 5. The Balaban J connectivity index is 1.79. The third-order valence-corrected chi connectivity index (χ3v) is 8.08. The molecular formula is C24H23NO5S. The van der Waals surface area contributed by atoms with Gasteiger partial charge in [0, 0.05) is 6.04 Å². The van der Waals surface area contributed by atoms with E-state index < -0.39 is 27.8 Å². The summed E-state index contributed by atoms with van der Waals surface area (Å²) < 4.78 is 30.4. The molecule has 2 aliphatic heterocycles. The van der Waals surface area contributed by atoms with Crippen molar-refractivity contribution in [1.29, 1.82) is 0 Å². The number of fused-ring (bicyclic) bond motifs is 2. The topological polar surface area (TPSA) is 84.7 Å².